The first-order chi connectivity index (χ1) is 14.4. The van der Waals surface area contributed by atoms with E-state index in [0.29, 0.717) is 28.1 Å². The first kappa shape index (κ1) is 21.3. The molecule has 0 bridgehead atoms. The van der Waals surface area contributed by atoms with E-state index >= 15 is 0 Å². The Morgan fingerprint density at radius 3 is 2.63 bits per heavy atom. The average Bonchev–Trinajstić information content (AvgIpc) is 3.05. The van der Waals surface area contributed by atoms with Gasteiger partial charge in [-0.05, 0) is 43.3 Å². The molecule has 3 aromatic rings. The molecule has 10 heteroatoms. The van der Waals surface area contributed by atoms with Crippen LogP contribution in [0, 0.1) is 0 Å². The largest absolute Gasteiger partial charge is 0.493 e. The Morgan fingerprint density at radius 2 is 1.90 bits per heavy atom. The van der Waals surface area contributed by atoms with E-state index in [1.165, 1.54) is 0 Å². The molecule has 1 aromatic heterocycles. The quantitative estimate of drug-likeness (QED) is 0.292. The van der Waals surface area contributed by atoms with E-state index in [2.05, 4.69) is 36.3 Å². The highest BCUT2D eigenvalue weighted by Gasteiger charge is 2.12. The highest BCUT2D eigenvalue weighted by molar-refractivity contribution is 9.10. The Morgan fingerprint density at radius 1 is 1.13 bits per heavy atom. The van der Waals surface area contributed by atoms with Crippen LogP contribution in [0.3, 0.4) is 0 Å². The second-order valence-electron chi connectivity index (χ2n) is 6.13. The van der Waals surface area contributed by atoms with Gasteiger partial charge in [-0.2, -0.15) is 0 Å². The van der Waals surface area contributed by atoms with E-state index in [9.17, 15) is 9.90 Å². The fourth-order valence-electron chi connectivity index (χ4n) is 2.67. The summed E-state index contributed by atoms with van der Waals surface area (Å²) in [6.45, 7) is 1.33. The first-order valence-corrected chi connectivity index (χ1v) is 9.56. The Bertz CT molecular complexity index is 1140. The van der Waals surface area contributed by atoms with Crippen LogP contribution in [0.1, 0.15) is 12.5 Å². The SMILES string of the molecule is COc1ccc(/C(C)=N/OCC(=O)N=Nc2c(O)[nH]c3ccc(Br)cc23)cc1OC. The van der Waals surface area contributed by atoms with Gasteiger partial charge in [0.2, 0.25) is 5.88 Å². The minimum atomic E-state index is -0.650. The van der Waals surface area contributed by atoms with Gasteiger partial charge in [-0.15, -0.1) is 10.2 Å². The molecule has 0 fully saturated rings. The maximum Gasteiger partial charge on any atom is 0.304 e. The molecule has 0 unspecified atom stereocenters. The van der Waals surface area contributed by atoms with Crippen molar-refractivity contribution in [3.05, 3.63) is 46.4 Å². The number of ether oxygens (including phenoxy) is 2. The van der Waals surface area contributed by atoms with Crippen molar-refractivity contribution in [3.8, 4) is 17.4 Å². The van der Waals surface area contributed by atoms with Crippen LogP contribution < -0.4 is 9.47 Å². The van der Waals surface area contributed by atoms with Crippen LogP contribution in [0.25, 0.3) is 10.9 Å². The topological polar surface area (TPSA) is 118 Å². The van der Waals surface area contributed by atoms with Crippen molar-refractivity contribution in [1.82, 2.24) is 4.98 Å². The Kier molecular flexibility index (Phi) is 6.68. The number of oxime groups is 1. The molecule has 9 nitrogen and oxygen atoms in total. The number of hydrogen-bond donors (Lipinski definition) is 2. The molecule has 0 radical (unpaired) electrons. The first-order valence-electron chi connectivity index (χ1n) is 8.76. The number of halogens is 1. The third kappa shape index (κ3) is 4.77. The van der Waals surface area contributed by atoms with Crippen LogP contribution in [-0.2, 0) is 9.63 Å². The van der Waals surface area contributed by atoms with Gasteiger partial charge >= 0.3 is 5.91 Å². The maximum absolute atomic E-state index is 12.0. The smallest absolute Gasteiger partial charge is 0.304 e. The number of carbonyl (C=O) groups is 1. The summed E-state index contributed by atoms with van der Waals surface area (Å²) in [5.74, 6) is 0.322. The van der Waals surface area contributed by atoms with Crippen molar-refractivity contribution in [2.45, 2.75) is 6.92 Å². The summed E-state index contributed by atoms with van der Waals surface area (Å²) in [5, 5.41) is 22.0. The molecular formula is C20H19BrN4O5. The molecule has 1 amide bonds. The zero-order valence-corrected chi connectivity index (χ0v) is 18.1. The number of carbonyl (C=O) groups excluding carboxylic acids is 1. The summed E-state index contributed by atoms with van der Waals surface area (Å²) in [7, 11) is 3.09. The third-order valence-corrected chi connectivity index (χ3v) is 4.66. The summed E-state index contributed by atoms with van der Waals surface area (Å²) >= 11 is 3.36. The lowest BCUT2D eigenvalue weighted by molar-refractivity contribution is -0.122. The van der Waals surface area contributed by atoms with E-state index in [-0.39, 0.29) is 11.6 Å². The Balaban J connectivity index is 1.65. The van der Waals surface area contributed by atoms with Gasteiger partial charge in [0.15, 0.2) is 23.8 Å². The average molecular weight is 475 g/mol. The van der Waals surface area contributed by atoms with Crippen LogP contribution in [0.4, 0.5) is 5.69 Å². The molecule has 0 saturated carbocycles. The maximum atomic E-state index is 12.0. The van der Waals surface area contributed by atoms with Crippen LogP contribution in [0.2, 0.25) is 0 Å². The number of rotatable bonds is 7. The molecule has 2 N–H and O–H groups in total. The lowest BCUT2D eigenvalue weighted by Crippen LogP contribution is -2.04. The van der Waals surface area contributed by atoms with Gasteiger partial charge in [0.25, 0.3) is 0 Å². The third-order valence-electron chi connectivity index (χ3n) is 4.17. The normalized spacial score (nSPS) is 11.8. The summed E-state index contributed by atoms with van der Waals surface area (Å²) in [6.07, 6.45) is 0. The minimum absolute atomic E-state index is 0.171. The number of aromatic amines is 1. The van der Waals surface area contributed by atoms with E-state index in [1.54, 1.807) is 51.5 Å². The summed E-state index contributed by atoms with van der Waals surface area (Å²) in [5.41, 5.74) is 2.13. The summed E-state index contributed by atoms with van der Waals surface area (Å²) < 4.78 is 11.3. The van der Waals surface area contributed by atoms with Gasteiger partial charge in [-0.3, -0.25) is 4.79 Å². The van der Waals surface area contributed by atoms with Gasteiger partial charge in [0.05, 0.1) is 25.4 Å². The standard InChI is InChI=1S/C20H19BrN4O5/c1-11(12-4-7-16(28-2)17(8-12)29-3)25-30-10-18(26)23-24-19-14-9-13(21)5-6-15(14)22-20(19)27/h4-9,22,27H,10H2,1-3H3/b24-23?,25-11+. The number of nitrogens with zero attached hydrogens (tertiary/aromatic N) is 3. The molecule has 0 aliphatic carbocycles. The minimum Gasteiger partial charge on any atom is -0.493 e. The van der Waals surface area contributed by atoms with Crippen molar-refractivity contribution in [1.29, 1.82) is 0 Å². The number of aromatic nitrogens is 1. The number of fused-ring (bicyclic) bond motifs is 1. The zero-order chi connectivity index (χ0) is 21.7. The Hall–Kier alpha value is -3.40. The molecule has 2 aromatic carbocycles. The van der Waals surface area contributed by atoms with Crippen molar-refractivity contribution in [2.24, 2.45) is 15.4 Å². The van der Waals surface area contributed by atoms with E-state index < -0.39 is 12.5 Å². The molecule has 1 heterocycles. The van der Waals surface area contributed by atoms with Gasteiger partial charge < -0.3 is 24.4 Å². The summed E-state index contributed by atoms with van der Waals surface area (Å²) in [6, 6.07) is 10.6. The number of H-pyrrole nitrogens is 1. The van der Waals surface area contributed by atoms with Crippen molar-refractivity contribution in [3.63, 3.8) is 0 Å². The predicted octanol–water partition coefficient (Wildman–Crippen LogP) is 4.70. The molecule has 0 spiro atoms. The van der Waals surface area contributed by atoms with Crippen molar-refractivity contribution < 1.29 is 24.2 Å². The second kappa shape index (κ2) is 9.40. The molecular weight excluding hydrogens is 456 g/mol. The molecule has 0 aliphatic heterocycles. The number of methoxy groups -OCH3 is 2. The van der Waals surface area contributed by atoms with Crippen LogP contribution in [-0.4, -0.2) is 42.5 Å². The molecule has 0 aliphatic rings. The van der Waals surface area contributed by atoms with Crippen LogP contribution >= 0.6 is 15.9 Å². The van der Waals surface area contributed by atoms with E-state index in [1.807, 2.05) is 6.07 Å². The van der Waals surface area contributed by atoms with Crippen LogP contribution in [0.15, 0.2) is 56.3 Å². The fraction of sp³-hybridized carbons (Fsp3) is 0.200. The molecule has 0 saturated heterocycles. The lowest BCUT2D eigenvalue weighted by Gasteiger charge is -2.09. The van der Waals surface area contributed by atoms with Crippen LogP contribution in [0.5, 0.6) is 17.4 Å². The summed E-state index contributed by atoms with van der Waals surface area (Å²) in [4.78, 5) is 19.8. The van der Waals surface area contributed by atoms with Crippen molar-refractivity contribution >= 4 is 44.1 Å². The number of hydrogen-bond acceptors (Lipinski definition) is 7. The number of aromatic hydroxyl groups is 1. The fourth-order valence-corrected chi connectivity index (χ4v) is 3.03. The monoisotopic (exact) mass is 474 g/mol. The number of amides is 1. The second-order valence-corrected chi connectivity index (χ2v) is 7.04. The highest BCUT2D eigenvalue weighted by atomic mass is 79.9. The van der Waals surface area contributed by atoms with Gasteiger partial charge in [0.1, 0.15) is 0 Å². The lowest BCUT2D eigenvalue weighted by atomic mass is 10.1. The Labute approximate surface area is 180 Å². The van der Waals surface area contributed by atoms with Gasteiger partial charge in [-0.25, -0.2) is 0 Å². The number of nitrogens with one attached hydrogen (secondary N) is 1. The number of benzene rings is 2. The van der Waals surface area contributed by atoms with Gasteiger partial charge in [-0.1, -0.05) is 21.1 Å². The molecule has 156 valence electrons. The highest BCUT2D eigenvalue weighted by Crippen LogP contribution is 2.36. The predicted molar refractivity (Wildman–Crippen MR) is 115 cm³/mol. The number of azo groups is 1. The molecule has 30 heavy (non-hydrogen) atoms. The zero-order valence-electron chi connectivity index (χ0n) is 16.5. The molecule has 0 atom stereocenters. The van der Waals surface area contributed by atoms with E-state index in [4.69, 9.17) is 14.3 Å². The van der Waals surface area contributed by atoms with Gasteiger partial charge in [0, 0.05) is 15.4 Å². The van der Waals surface area contributed by atoms with Crippen molar-refractivity contribution in [2.75, 3.05) is 20.8 Å². The van der Waals surface area contributed by atoms with E-state index in [0.717, 1.165) is 10.0 Å². The molecule has 3 rings (SSSR count).